The topological polar surface area (TPSA) is 99.2 Å². The van der Waals surface area contributed by atoms with Gasteiger partial charge < -0.3 is 5.11 Å². The van der Waals surface area contributed by atoms with E-state index in [1.54, 1.807) is 0 Å². The van der Waals surface area contributed by atoms with Crippen molar-refractivity contribution < 1.29 is 13.5 Å². The van der Waals surface area contributed by atoms with Crippen LogP contribution >= 0.6 is 0 Å². The molecular weight excluding hydrogens is 280 g/mol. The molecule has 1 aromatic heterocycles. The van der Waals surface area contributed by atoms with Crippen LogP contribution in [0.25, 0.3) is 0 Å². The third-order valence-electron chi connectivity index (χ3n) is 3.61. The molecule has 1 fully saturated rings. The van der Waals surface area contributed by atoms with Crippen molar-refractivity contribution in [3.8, 4) is 0 Å². The van der Waals surface area contributed by atoms with Gasteiger partial charge in [0.2, 0.25) is 10.0 Å². The minimum Gasteiger partial charge on any atom is -0.382 e. The average molecular weight is 302 g/mol. The molecule has 0 unspecified atom stereocenters. The van der Waals surface area contributed by atoms with E-state index in [2.05, 4.69) is 15.4 Å². The fraction of sp³-hybridized carbons (Fsp3) is 0.833. The molecule has 1 saturated heterocycles. The van der Waals surface area contributed by atoms with Crippen LogP contribution in [0.5, 0.6) is 0 Å². The van der Waals surface area contributed by atoms with Gasteiger partial charge in [0.15, 0.2) is 0 Å². The number of nitrogens with one attached hydrogen (secondary N) is 1. The van der Waals surface area contributed by atoms with E-state index in [-0.39, 0.29) is 17.7 Å². The van der Waals surface area contributed by atoms with E-state index < -0.39 is 15.6 Å². The Balaban J connectivity index is 2.05. The number of hydrogen-bond donors (Lipinski definition) is 2. The summed E-state index contributed by atoms with van der Waals surface area (Å²) in [5, 5.41) is 20.5. The first-order valence-corrected chi connectivity index (χ1v) is 8.30. The Morgan fingerprint density at radius 3 is 2.75 bits per heavy atom. The van der Waals surface area contributed by atoms with Gasteiger partial charge in [0.25, 0.3) is 0 Å². The summed E-state index contributed by atoms with van der Waals surface area (Å²) >= 11 is 0. The quantitative estimate of drug-likeness (QED) is 0.842. The van der Waals surface area contributed by atoms with Gasteiger partial charge in [0.1, 0.15) is 11.3 Å². The molecule has 1 atom stereocenters. The van der Waals surface area contributed by atoms with Crippen LogP contribution in [0.1, 0.15) is 39.3 Å². The van der Waals surface area contributed by atoms with Crippen LogP contribution in [0.3, 0.4) is 0 Å². The smallest absolute Gasteiger partial charge is 0.214 e. The summed E-state index contributed by atoms with van der Waals surface area (Å²) in [5.41, 5.74) is -0.872. The first-order valence-electron chi connectivity index (χ1n) is 6.69. The van der Waals surface area contributed by atoms with Gasteiger partial charge in [-0.15, -0.1) is 0 Å². The number of hydrogen-bond acceptors (Lipinski definition) is 5. The molecule has 0 bridgehead atoms. The molecule has 20 heavy (non-hydrogen) atoms. The molecule has 0 amide bonds. The highest BCUT2D eigenvalue weighted by Crippen LogP contribution is 2.32. The summed E-state index contributed by atoms with van der Waals surface area (Å²) in [6.45, 7) is 6.40. The highest BCUT2D eigenvalue weighted by atomic mass is 32.2. The molecule has 8 heteroatoms. The zero-order valence-electron chi connectivity index (χ0n) is 12.1. The van der Waals surface area contributed by atoms with E-state index in [1.165, 1.54) is 10.5 Å². The minimum absolute atomic E-state index is 0.0325. The molecule has 1 aliphatic rings. The molecule has 0 radical (unpaired) electrons. The van der Waals surface area contributed by atoms with Gasteiger partial charge in [-0.1, -0.05) is 20.8 Å². The summed E-state index contributed by atoms with van der Waals surface area (Å²) < 4.78 is 26.0. The average Bonchev–Trinajstić information content (AvgIpc) is 2.95. The summed E-state index contributed by atoms with van der Waals surface area (Å²) in [6.07, 6.45) is 2.37. The Morgan fingerprint density at radius 2 is 2.20 bits per heavy atom. The highest BCUT2D eigenvalue weighted by molar-refractivity contribution is 7.89. The second-order valence-corrected chi connectivity index (χ2v) is 8.69. The lowest BCUT2D eigenvalue weighted by Gasteiger charge is -2.23. The van der Waals surface area contributed by atoms with E-state index in [1.807, 2.05) is 20.8 Å². The molecule has 7 nitrogen and oxygen atoms in total. The number of aromatic nitrogens is 3. The standard InChI is InChI=1S/C12H22N4O3S/c1-11(2,3)5-7-20(18,19)16-6-4-12(17,9-16)10-8-13-15-14-10/h8,17H,4-7,9H2,1-3H3,(H,13,14,15)/t12-/m1/s1. The molecule has 0 spiro atoms. The molecular formula is C12H22N4O3S. The Kier molecular flexibility index (Phi) is 3.92. The summed E-state index contributed by atoms with van der Waals surface area (Å²) in [6, 6.07) is 0. The van der Waals surface area contributed by atoms with Crippen molar-refractivity contribution in [1.82, 2.24) is 19.7 Å². The highest BCUT2D eigenvalue weighted by Gasteiger charge is 2.44. The van der Waals surface area contributed by atoms with E-state index in [4.69, 9.17) is 0 Å². The van der Waals surface area contributed by atoms with Crippen LogP contribution in [0.4, 0.5) is 0 Å². The summed E-state index contributed by atoms with van der Waals surface area (Å²) in [4.78, 5) is 0. The van der Waals surface area contributed by atoms with Gasteiger partial charge in [0, 0.05) is 13.1 Å². The van der Waals surface area contributed by atoms with Crippen LogP contribution in [-0.2, 0) is 15.6 Å². The Hall–Kier alpha value is -0.990. The molecule has 2 heterocycles. The Labute approximate surface area is 119 Å². The first-order chi connectivity index (χ1) is 9.12. The zero-order valence-corrected chi connectivity index (χ0v) is 12.9. The molecule has 1 aliphatic heterocycles. The summed E-state index contributed by atoms with van der Waals surface area (Å²) in [7, 11) is -3.34. The van der Waals surface area contributed by atoms with Crippen molar-refractivity contribution in [3.63, 3.8) is 0 Å². The van der Waals surface area contributed by atoms with E-state index in [9.17, 15) is 13.5 Å². The largest absolute Gasteiger partial charge is 0.382 e. The van der Waals surface area contributed by atoms with Crippen molar-refractivity contribution in [2.75, 3.05) is 18.8 Å². The van der Waals surface area contributed by atoms with Gasteiger partial charge >= 0.3 is 0 Å². The molecule has 0 aliphatic carbocycles. The molecule has 114 valence electrons. The maximum atomic E-state index is 12.3. The summed E-state index contributed by atoms with van der Waals surface area (Å²) in [5.74, 6) is 0.103. The van der Waals surface area contributed by atoms with Gasteiger partial charge in [-0.05, 0) is 18.3 Å². The second-order valence-electron chi connectivity index (χ2n) is 6.60. The molecule has 0 aromatic carbocycles. The van der Waals surface area contributed by atoms with E-state index in [0.29, 0.717) is 25.1 Å². The Bertz CT molecular complexity index is 550. The van der Waals surface area contributed by atoms with Crippen LogP contribution in [0.2, 0.25) is 0 Å². The second kappa shape index (κ2) is 5.09. The van der Waals surface area contributed by atoms with Gasteiger partial charge in [-0.25, -0.2) is 8.42 Å². The van der Waals surface area contributed by atoms with Crippen molar-refractivity contribution >= 4 is 10.0 Å². The first kappa shape index (κ1) is 15.4. The molecule has 0 saturated carbocycles. The van der Waals surface area contributed by atoms with E-state index in [0.717, 1.165) is 0 Å². The van der Waals surface area contributed by atoms with Crippen molar-refractivity contribution in [2.45, 2.75) is 39.2 Å². The lowest BCUT2D eigenvalue weighted by atomic mass is 9.94. The number of β-amino-alcohol motifs (C(OH)–C–C–N with tert-alkyl or cyclic N) is 1. The number of sulfonamides is 1. The van der Waals surface area contributed by atoms with Crippen molar-refractivity contribution in [2.24, 2.45) is 5.41 Å². The van der Waals surface area contributed by atoms with Crippen LogP contribution in [0.15, 0.2) is 6.20 Å². The lowest BCUT2D eigenvalue weighted by molar-refractivity contribution is 0.0485. The van der Waals surface area contributed by atoms with Crippen LogP contribution < -0.4 is 0 Å². The lowest BCUT2D eigenvalue weighted by Crippen LogP contribution is -2.36. The molecule has 1 aromatic rings. The van der Waals surface area contributed by atoms with E-state index >= 15 is 0 Å². The van der Waals surface area contributed by atoms with Gasteiger partial charge in [0.05, 0.1) is 11.9 Å². The third kappa shape index (κ3) is 3.36. The minimum atomic E-state index is -3.34. The number of rotatable bonds is 4. The molecule has 2 rings (SSSR count). The van der Waals surface area contributed by atoms with Crippen LogP contribution in [0, 0.1) is 5.41 Å². The van der Waals surface area contributed by atoms with Crippen molar-refractivity contribution in [3.05, 3.63) is 11.9 Å². The number of H-pyrrole nitrogens is 1. The maximum absolute atomic E-state index is 12.3. The fourth-order valence-electron chi connectivity index (χ4n) is 2.20. The predicted octanol–water partition coefficient (Wildman–Crippen LogP) is 0.464. The Morgan fingerprint density at radius 1 is 1.50 bits per heavy atom. The SMILES string of the molecule is CC(C)(C)CCS(=O)(=O)N1CC[C@](O)(c2cn[nH]n2)C1. The number of aromatic amines is 1. The molecule has 2 N–H and O–H groups in total. The monoisotopic (exact) mass is 302 g/mol. The number of nitrogens with zero attached hydrogens (tertiary/aromatic N) is 3. The maximum Gasteiger partial charge on any atom is 0.214 e. The zero-order chi connectivity index (χ0) is 15.0. The van der Waals surface area contributed by atoms with Crippen LogP contribution in [-0.4, -0.2) is 52.1 Å². The predicted molar refractivity (Wildman–Crippen MR) is 74.3 cm³/mol. The fourth-order valence-corrected chi connectivity index (χ4v) is 4.10. The van der Waals surface area contributed by atoms with Gasteiger partial charge in [-0.3, -0.25) is 0 Å². The third-order valence-corrected chi connectivity index (χ3v) is 5.43. The number of aliphatic hydroxyl groups is 1. The van der Waals surface area contributed by atoms with Gasteiger partial charge in [-0.2, -0.15) is 19.7 Å². The van der Waals surface area contributed by atoms with Crippen molar-refractivity contribution in [1.29, 1.82) is 0 Å². The normalized spacial score (nSPS) is 25.2.